The third-order valence-electron chi connectivity index (χ3n) is 5.51. The van der Waals surface area contributed by atoms with Crippen LogP contribution >= 0.6 is 0 Å². The summed E-state index contributed by atoms with van der Waals surface area (Å²) in [6, 6.07) is 3.76. The number of likely N-dealkylation sites (tertiary alicyclic amines) is 1. The third kappa shape index (κ3) is 3.32. The van der Waals surface area contributed by atoms with Crippen LogP contribution < -0.4 is 4.74 Å². The highest BCUT2D eigenvalue weighted by molar-refractivity contribution is 5.96. The maximum Gasteiger partial charge on any atom is 0.259 e. The molecule has 4 heterocycles. The fourth-order valence-corrected chi connectivity index (χ4v) is 3.99. The maximum atomic E-state index is 13.0. The summed E-state index contributed by atoms with van der Waals surface area (Å²) in [5.74, 6) is 1.70. The van der Waals surface area contributed by atoms with Crippen molar-refractivity contribution in [2.75, 3.05) is 26.3 Å². The number of rotatable bonds is 6. The van der Waals surface area contributed by atoms with Crippen LogP contribution in [0.4, 0.5) is 0 Å². The van der Waals surface area contributed by atoms with Gasteiger partial charge in [0.15, 0.2) is 0 Å². The van der Waals surface area contributed by atoms with Crippen molar-refractivity contribution in [2.24, 2.45) is 5.92 Å². The number of amides is 1. The molecule has 2 aliphatic rings. The lowest BCUT2D eigenvalue weighted by atomic mass is 9.81. The molecule has 7 nitrogen and oxygen atoms in total. The summed E-state index contributed by atoms with van der Waals surface area (Å²) in [7, 11) is 0. The minimum Gasteiger partial charge on any atom is -0.492 e. The molecule has 0 aliphatic carbocycles. The van der Waals surface area contributed by atoms with Crippen LogP contribution in [-0.4, -0.2) is 52.9 Å². The molecule has 0 unspecified atom stereocenters. The average molecular weight is 371 g/mol. The fraction of sp³-hybridized carbons (Fsp3) is 0.550. The number of hydrogen-bond acceptors (Lipinski definition) is 6. The van der Waals surface area contributed by atoms with Gasteiger partial charge in [-0.2, -0.15) is 0 Å². The second-order valence-corrected chi connectivity index (χ2v) is 7.38. The first-order valence-electron chi connectivity index (χ1n) is 9.54. The molecule has 2 aliphatic heterocycles. The van der Waals surface area contributed by atoms with Gasteiger partial charge in [-0.1, -0.05) is 12.1 Å². The predicted molar refractivity (Wildman–Crippen MR) is 97.7 cm³/mol. The number of nitrogens with zero attached hydrogens (tertiary/aromatic N) is 3. The standard InChI is InChI=1S/C20H25N3O4/c1-3-5-17-18(14(2)22-27-17)19(24)23-12-20(13-23)15(7-9-26-20)11-25-16-6-4-8-21-10-16/h4,6,8,10,15H,3,5,7,9,11-13H2,1-2H3/t15-/m1/s1. The summed E-state index contributed by atoms with van der Waals surface area (Å²) in [6.45, 7) is 6.33. The van der Waals surface area contributed by atoms with E-state index in [9.17, 15) is 4.79 Å². The Hall–Kier alpha value is -2.41. The number of ether oxygens (including phenoxy) is 2. The number of hydrogen-bond donors (Lipinski definition) is 0. The van der Waals surface area contributed by atoms with Gasteiger partial charge in [0.25, 0.3) is 5.91 Å². The van der Waals surface area contributed by atoms with E-state index in [1.807, 2.05) is 24.0 Å². The number of carbonyl (C=O) groups excluding carboxylic acids is 1. The van der Waals surface area contributed by atoms with Gasteiger partial charge in [0, 0.05) is 25.1 Å². The van der Waals surface area contributed by atoms with Crippen molar-refractivity contribution in [3.05, 3.63) is 41.5 Å². The van der Waals surface area contributed by atoms with E-state index < -0.39 is 0 Å². The van der Waals surface area contributed by atoms with Crippen LogP contribution in [0.2, 0.25) is 0 Å². The van der Waals surface area contributed by atoms with Gasteiger partial charge in [-0.25, -0.2) is 0 Å². The van der Waals surface area contributed by atoms with Crippen molar-refractivity contribution >= 4 is 5.91 Å². The van der Waals surface area contributed by atoms with E-state index in [4.69, 9.17) is 14.0 Å². The van der Waals surface area contributed by atoms with Crippen LogP contribution in [0.5, 0.6) is 5.75 Å². The summed E-state index contributed by atoms with van der Waals surface area (Å²) < 4.78 is 17.3. The molecule has 0 aromatic carbocycles. The Kier molecular flexibility index (Phi) is 4.86. The molecular formula is C20H25N3O4. The van der Waals surface area contributed by atoms with Gasteiger partial charge in [-0.15, -0.1) is 0 Å². The lowest BCUT2D eigenvalue weighted by Crippen LogP contribution is -2.66. The van der Waals surface area contributed by atoms with Crippen LogP contribution in [0.1, 0.15) is 41.6 Å². The minimum absolute atomic E-state index is 0.00903. The fourth-order valence-electron chi connectivity index (χ4n) is 3.99. The molecule has 2 aromatic heterocycles. The molecule has 2 aromatic rings. The van der Waals surface area contributed by atoms with Crippen LogP contribution in [-0.2, 0) is 11.2 Å². The lowest BCUT2D eigenvalue weighted by Gasteiger charge is -2.50. The van der Waals surface area contributed by atoms with Crippen LogP contribution in [0.3, 0.4) is 0 Å². The van der Waals surface area contributed by atoms with E-state index in [0.717, 1.165) is 25.0 Å². The Bertz CT molecular complexity index is 799. The van der Waals surface area contributed by atoms with Gasteiger partial charge in [0.1, 0.15) is 22.7 Å². The molecule has 0 bridgehead atoms. The summed E-state index contributed by atoms with van der Waals surface area (Å²) in [6.07, 6.45) is 6.01. The summed E-state index contributed by atoms with van der Waals surface area (Å²) in [5.41, 5.74) is 0.981. The first-order valence-corrected chi connectivity index (χ1v) is 9.54. The van der Waals surface area contributed by atoms with Crippen molar-refractivity contribution in [1.82, 2.24) is 15.0 Å². The SMILES string of the molecule is CCCc1onc(C)c1C(=O)N1CC2(C1)OCC[C@@H]2COc1cccnc1. The second kappa shape index (κ2) is 7.31. The Labute approximate surface area is 158 Å². The van der Waals surface area contributed by atoms with Crippen LogP contribution in [0.25, 0.3) is 0 Å². The molecule has 1 atom stereocenters. The smallest absolute Gasteiger partial charge is 0.259 e. The van der Waals surface area contributed by atoms with Crippen molar-refractivity contribution < 1.29 is 18.8 Å². The Morgan fingerprint density at radius 2 is 2.30 bits per heavy atom. The average Bonchev–Trinajstić information content (AvgIpc) is 3.23. The third-order valence-corrected chi connectivity index (χ3v) is 5.51. The highest BCUT2D eigenvalue weighted by Gasteiger charge is 2.55. The van der Waals surface area contributed by atoms with Gasteiger partial charge >= 0.3 is 0 Å². The van der Waals surface area contributed by atoms with Crippen LogP contribution in [0, 0.1) is 12.8 Å². The Morgan fingerprint density at radius 3 is 3.04 bits per heavy atom. The molecule has 7 heteroatoms. The number of carbonyl (C=O) groups is 1. The van der Waals surface area contributed by atoms with Crippen LogP contribution in [0.15, 0.2) is 29.0 Å². The molecule has 0 radical (unpaired) electrons. The zero-order valence-corrected chi connectivity index (χ0v) is 15.8. The summed E-state index contributed by atoms with van der Waals surface area (Å²) in [5, 5.41) is 3.98. The van der Waals surface area contributed by atoms with E-state index in [1.165, 1.54) is 0 Å². The zero-order chi connectivity index (χ0) is 18.9. The van der Waals surface area contributed by atoms with Gasteiger partial charge in [0.05, 0.1) is 31.6 Å². The number of aryl methyl sites for hydroxylation is 2. The molecular weight excluding hydrogens is 346 g/mol. The molecule has 1 spiro atoms. The van der Waals surface area contributed by atoms with Crippen molar-refractivity contribution in [3.63, 3.8) is 0 Å². The first kappa shape index (κ1) is 18.0. The highest BCUT2D eigenvalue weighted by atomic mass is 16.5. The molecule has 4 rings (SSSR count). The molecule has 1 amide bonds. The minimum atomic E-state index is -0.298. The monoisotopic (exact) mass is 371 g/mol. The quantitative estimate of drug-likeness (QED) is 0.777. The molecule has 0 saturated carbocycles. The largest absolute Gasteiger partial charge is 0.492 e. The summed E-state index contributed by atoms with van der Waals surface area (Å²) >= 11 is 0. The van der Waals surface area contributed by atoms with E-state index in [2.05, 4.69) is 17.1 Å². The van der Waals surface area contributed by atoms with Crippen molar-refractivity contribution in [2.45, 2.75) is 38.7 Å². The van der Waals surface area contributed by atoms with Gasteiger partial charge in [-0.05, 0) is 31.9 Å². The van der Waals surface area contributed by atoms with Gasteiger partial charge in [0.2, 0.25) is 0 Å². The molecule has 0 N–H and O–H groups in total. The normalized spacial score (nSPS) is 20.7. The van der Waals surface area contributed by atoms with E-state index >= 15 is 0 Å². The maximum absolute atomic E-state index is 13.0. The predicted octanol–water partition coefficient (Wildman–Crippen LogP) is 2.64. The number of pyridine rings is 1. The highest BCUT2D eigenvalue weighted by Crippen LogP contribution is 2.41. The van der Waals surface area contributed by atoms with Gasteiger partial charge in [-0.3, -0.25) is 9.78 Å². The zero-order valence-electron chi connectivity index (χ0n) is 15.8. The molecule has 2 fully saturated rings. The summed E-state index contributed by atoms with van der Waals surface area (Å²) in [4.78, 5) is 18.9. The van der Waals surface area contributed by atoms with Gasteiger partial charge < -0.3 is 18.9 Å². The second-order valence-electron chi connectivity index (χ2n) is 7.38. The molecule has 144 valence electrons. The first-order chi connectivity index (χ1) is 13.1. The molecule has 27 heavy (non-hydrogen) atoms. The lowest BCUT2D eigenvalue weighted by molar-refractivity contribution is -0.122. The Morgan fingerprint density at radius 1 is 1.44 bits per heavy atom. The van der Waals surface area contributed by atoms with Crippen molar-refractivity contribution in [1.29, 1.82) is 0 Å². The van der Waals surface area contributed by atoms with E-state index in [-0.39, 0.29) is 17.4 Å². The van der Waals surface area contributed by atoms with E-state index in [1.54, 1.807) is 12.4 Å². The topological polar surface area (TPSA) is 77.7 Å². The Balaban J connectivity index is 1.40. The molecule has 2 saturated heterocycles. The number of aromatic nitrogens is 2. The van der Waals surface area contributed by atoms with E-state index in [0.29, 0.717) is 43.3 Å². The van der Waals surface area contributed by atoms with Crippen molar-refractivity contribution in [3.8, 4) is 5.75 Å².